The Morgan fingerprint density at radius 3 is 2.84 bits per heavy atom. The Balaban J connectivity index is 1.77. The molecule has 2 atom stereocenters. The summed E-state index contributed by atoms with van der Waals surface area (Å²) in [6.07, 6.45) is -0.103. The van der Waals surface area contributed by atoms with Crippen LogP contribution in [0.15, 0.2) is 18.2 Å². The highest BCUT2D eigenvalue weighted by Gasteiger charge is 2.56. The van der Waals surface area contributed by atoms with Crippen molar-refractivity contribution in [2.75, 3.05) is 16.8 Å². The number of fused-ring (bicyclic) bond motifs is 2. The van der Waals surface area contributed by atoms with Gasteiger partial charge in [-0.05, 0) is 50.1 Å². The third-order valence-corrected chi connectivity index (χ3v) is 6.57. The minimum atomic E-state index is -1.42. The molecule has 25 heavy (non-hydrogen) atoms. The van der Waals surface area contributed by atoms with Crippen LogP contribution < -0.4 is 10.2 Å². The largest absolute Gasteiger partial charge is 0.378 e. The van der Waals surface area contributed by atoms with Gasteiger partial charge in [0.15, 0.2) is 5.60 Å². The molecule has 2 aliphatic heterocycles. The molecule has 0 amide bonds. The lowest BCUT2D eigenvalue weighted by atomic mass is 9.85. The number of rotatable bonds is 1. The van der Waals surface area contributed by atoms with Crippen LogP contribution in [0, 0.1) is 32.1 Å². The van der Waals surface area contributed by atoms with Gasteiger partial charge in [0.25, 0.3) is 0 Å². The molecule has 0 saturated carbocycles. The molecule has 2 aromatic rings. The molecule has 5 nitrogen and oxygen atoms in total. The first-order valence-electron chi connectivity index (χ1n) is 8.28. The van der Waals surface area contributed by atoms with Gasteiger partial charge in [-0.1, -0.05) is 0 Å². The second kappa shape index (κ2) is 5.32. The van der Waals surface area contributed by atoms with Crippen LogP contribution in [0.4, 0.5) is 10.7 Å². The van der Waals surface area contributed by atoms with Crippen LogP contribution in [-0.2, 0) is 0 Å². The second-order valence-electron chi connectivity index (χ2n) is 6.84. The van der Waals surface area contributed by atoms with E-state index in [2.05, 4.69) is 11.4 Å². The normalized spacial score (nSPS) is 24.5. The van der Waals surface area contributed by atoms with Crippen molar-refractivity contribution in [3.05, 3.63) is 45.3 Å². The fourth-order valence-corrected chi connectivity index (χ4v) is 4.90. The first kappa shape index (κ1) is 16.1. The summed E-state index contributed by atoms with van der Waals surface area (Å²) in [6, 6.07) is 7.78. The zero-order valence-corrected chi connectivity index (χ0v) is 15.2. The van der Waals surface area contributed by atoms with E-state index in [1.54, 1.807) is 17.4 Å². The lowest BCUT2D eigenvalue weighted by Crippen LogP contribution is -2.57. The van der Waals surface area contributed by atoms with E-state index in [9.17, 15) is 9.90 Å². The Bertz CT molecular complexity index is 943. The van der Waals surface area contributed by atoms with E-state index < -0.39 is 11.8 Å². The molecule has 6 heteroatoms. The van der Waals surface area contributed by atoms with Crippen LogP contribution in [0.2, 0.25) is 0 Å². The predicted octanol–water partition coefficient (Wildman–Crippen LogP) is 3.12. The number of benzene rings is 1. The van der Waals surface area contributed by atoms with Crippen LogP contribution in [0.1, 0.15) is 38.3 Å². The summed E-state index contributed by atoms with van der Waals surface area (Å²) < 4.78 is 0. The molecule has 4 rings (SSSR count). The van der Waals surface area contributed by atoms with Crippen LogP contribution in [0.5, 0.6) is 0 Å². The van der Waals surface area contributed by atoms with Crippen molar-refractivity contribution in [2.24, 2.45) is 0 Å². The Kier molecular flexibility index (Phi) is 3.43. The van der Waals surface area contributed by atoms with E-state index in [4.69, 9.17) is 5.26 Å². The van der Waals surface area contributed by atoms with Gasteiger partial charge >= 0.3 is 0 Å². The summed E-state index contributed by atoms with van der Waals surface area (Å²) in [4.78, 5) is 16.2. The summed E-state index contributed by atoms with van der Waals surface area (Å²) in [5, 5.41) is 24.5. The molecule has 1 fully saturated rings. The number of ketones is 1. The number of thiophene rings is 1. The van der Waals surface area contributed by atoms with Gasteiger partial charge in [-0.3, -0.25) is 4.79 Å². The van der Waals surface area contributed by atoms with Gasteiger partial charge in [0.1, 0.15) is 11.2 Å². The van der Waals surface area contributed by atoms with Gasteiger partial charge < -0.3 is 15.3 Å². The molecule has 128 valence electrons. The van der Waals surface area contributed by atoms with Crippen LogP contribution in [0.3, 0.4) is 0 Å². The van der Waals surface area contributed by atoms with Gasteiger partial charge in [-0.2, -0.15) is 5.26 Å². The average Bonchev–Trinajstić information content (AvgIpc) is 3.06. The highest BCUT2D eigenvalue weighted by molar-refractivity contribution is 7.16. The third-order valence-electron chi connectivity index (χ3n) is 5.43. The summed E-state index contributed by atoms with van der Waals surface area (Å²) >= 11 is 1.56. The standard InChI is InChI=1S/C19H19N3O2S/c1-10-8-14(5-4-13(10)9-20)22-7-6-19(24)16(23)15-11(2)12(3)25-17(15)21-18(19)22/h4-5,8,18,21,24H,6-7H2,1-3H3/t18?,19-/m1/s1. The minimum Gasteiger partial charge on any atom is -0.378 e. The van der Waals surface area contributed by atoms with E-state index in [0.717, 1.165) is 26.7 Å². The number of nitriles is 1. The minimum absolute atomic E-state index is 0.180. The van der Waals surface area contributed by atoms with Crippen molar-refractivity contribution >= 4 is 27.8 Å². The number of Topliss-reactive ketones (excluding diaryl/α,β-unsaturated/α-hetero) is 1. The van der Waals surface area contributed by atoms with Gasteiger partial charge in [0.05, 0.1) is 17.2 Å². The molecule has 1 saturated heterocycles. The summed E-state index contributed by atoms with van der Waals surface area (Å²) in [5.74, 6) is -0.180. The maximum atomic E-state index is 13.0. The number of aliphatic hydroxyl groups is 1. The fourth-order valence-electron chi connectivity index (χ4n) is 3.82. The van der Waals surface area contributed by atoms with Crippen molar-refractivity contribution in [1.82, 2.24) is 0 Å². The molecule has 1 aromatic heterocycles. The molecule has 2 N–H and O–H groups in total. The van der Waals surface area contributed by atoms with E-state index >= 15 is 0 Å². The first-order valence-corrected chi connectivity index (χ1v) is 9.09. The molecule has 2 aliphatic rings. The second-order valence-corrected chi connectivity index (χ2v) is 8.07. The van der Waals surface area contributed by atoms with Crippen molar-refractivity contribution in [1.29, 1.82) is 5.26 Å². The Morgan fingerprint density at radius 1 is 1.40 bits per heavy atom. The summed E-state index contributed by atoms with van der Waals surface area (Å²) in [6.45, 7) is 6.41. The monoisotopic (exact) mass is 353 g/mol. The Labute approximate surface area is 150 Å². The zero-order valence-electron chi connectivity index (χ0n) is 14.4. The van der Waals surface area contributed by atoms with Crippen molar-refractivity contribution in [3.63, 3.8) is 0 Å². The Morgan fingerprint density at radius 2 is 2.16 bits per heavy atom. The van der Waals surface area contributed by atoms with Gasteiger partial charge in [-0.15, -0.1) is 11.3 Å². The number of carbonyl (C=O) groups is 1. The smallest absolute Gasteiger partial charge is 0.201 e. The van der Waals surface area contributed by atoms with E-state index in [-0.39, 0.29) is 5.78 Å². The number of aryl methyl sites for hydroxylation is 2. The summed E-state index contributed by atoms with van der Waals surface area (Å²) in [5.41, 5.74) is 2.61. The molecular formula is C19H19N3O2S. The molecule has 0 bridgehead atoms. The predicted molar refractivity (Wildman–Crippen MR) is 98.3 cm³/mol. The van der Waals surface area contributed by atoms with Gasteiger partial charge in [0, 0.05) is 23.5 Å². The topological polar surface area (TPSA) is 76.4 Å². The van der Waals surface area contributed by atoms with Crippen LogP contribution in [0.25, 0.3) is 0 Å². The highest BCUT2D eigenvalue weighted by Crippen LogP contribution is 2.45. The number of carbonyl (C=O) groups excluding carboxylic acids is 1. The fraction of sp³-hybridized carbons (Fsp3) is 0.368. The molecule has 0 spiro atoms. The quantitative estimate of drug-likeness (QED) is 0.824. The van der Waals surface area contributed by atoms with E-state index in [0.29, 0.717) is 24.1 Å². The molecule has 3 heterocycles. The number of nitrogens with one attached hydrogen (secondary N) is 1. The third kappa shape index (κ3) is 2.13. The van der Waals surface area contributed by atoms with Crippen molar-refractivity contribution < 1.29 is 9.90 Å². The van der Waals surface area contributed by atoms with Crippen molar-refractivity contribution in [2.45, 2.75) is 39.0 Å². The number of anilines is 2. The molecule has 1 aromatic carbocycles. The van der Waals surface area contributed by atoms with E-state index in [1.165, 1.54) is 0 Å². The maximum absolute atomic E-state index is 13.0. The lowest BCUT2D eigenvalue weighted by Gasteiger charge is -2.38. The first-order chi connectivity index (χ1) is 11.9. The van der Waals surface area contributed by atoms with Crippen LogP contribution in [-0.4, -0.2) is 29.2 Å². The molecular weight excluding hydrogens is 334 g/mol. The zero-order chi connectivity index (χ0) is 17.9. The number of hydrogen-bond donors (Lipinski definition) is 2. The molecule has 1 unspecified atom stereocenters. The maximum Gasteiger partial charge on any atom is 0.201 e. The number of nitrogens with zero attached hydrogens (tertiary/aromatic N) is 2. The van der Waals surface area contributed by atoms with Gasteiger partial charge in [-0.25, -0.2) is 0 Å². The SMILES string of the molecule is Cc1cc(N2CC[C@@]3(O)C(=O)c4c(sc(C)c4C)NC23)ccc1C#N. The number of hydrogen-bond acceptors (Lipinski definition) is 6. The highest BCUT2D eigenvalue weighted by atomic mass is 32.1. The van der Waals surface area contributed by atoms with Gasteiger partial charge in [0.2, 0.25) is 5.78 Å². The summed E-state index contributed by atoms with van der Waals surface area (Å²) in [7, 11) is 0. The van der Waals surface area contributed by atoms with Crippen molar-refractivity contribution in [3.8, 4) is 6.07 Å². The lowest BCUT2D eigenvalue weighted by molar-refractivity contribution is 0.0296. The molecule has 0 radical (unpaired) electrons. The van der Waals surface area contributed by atoms with E-state index in [1.807, 2.05) is 37.8 Å². The molecule has 0 aliphatic carbocycles. The average molecular weight is 353 g/mol. The Hall–Kier alpha value is -2.36. The van der Waals surface area contributed by atoms with Crippen LogP contribution >= 0.6 is 11.3 Å².